The van der Waals surface area contributed by atoms with Crippen molar-refractivity contribution < 1.29 is 23.4 Å². The highest BCUT2D eigenvalue weighted by atomic mass is 19.3. The van der Waals surface area contributed by atoms with E-state index in [9.17, 15) is 13.6 Å². The zero-order valence-electron chi connectivity index (χ0n) is 9.19. The van der Waals surface area contributed by atoms with Gasteiger partial charge in [0, 0.05) is 19.2 Å². The number of carbonyl (C=O) groups is 1. The van der Waals surface area contributed by atoms with Crippen LogP contribution in [0.15, 0.2) is 6.20 Å². The highest BCUT2D eigenvalue weighted by molar-refractivity contribution is 5.88. The van der Waals surface area contributed by atoms with Gasteiger partial charge in [-0.15, -0.1) is 0 Å². The summed E-state index contributed by atoms with van der Waals surface area (Å²) < 4.78 is 30.2. The minimum absolute atomic E-state index is 0.152. The zero-order valence-corrected chi connectivity index (χ0v) is 9.19. The maximum absolute atomic E-state index is 12.6. The number of aromatic nitrogens is 2. The molecule has 1 aromatic heterocycles. The molecule has 0 aromatic carbocycles. The third-order valence-corrected chi connectivity index (χ3v) is 1.98. The molecule has 94 valence electrons. The molecule has 0 aliphatic heterocycles. The van der Waals surface area contributed by atoms with E-state index >= 15 is 0 Å². The Balaban J connectivity index is 2.90. The number of carboxylic acids is 1. The molecule has 0 saturated carbocycles. The van der Waals surface area contributed by atoms with E-state index in [1.165, 1.54) is 0 Å². The quantitative estimate of drug-likeness (QED) is 0.773. The molecule has 0 saturated heterocycles. The van der Waals surface area contributed by atoms with E-state index in [0.717, 1.165) is 6.20 Å². The van der Waals surface area contributed by atoms with Gasteiger partial charge in [-0.05, 0) is 6.92 Å². The molecule has 0 unspecified atom stereocenters. The molecule has 0 fully saturated rings. The summed E-state index contributed by atoms with van der Waals surface area (Å²) in [5.41, 5.74) is -1.32. The van der Waals surface area contributed by atoms with E-state index in [2.05, 4.69) is 9.97 Å². The molecule has 17 heavy (non-hydrogen) atoms. The van der Waals surface area contributed by atoms with E-state index in [4.69, 9.17) is 9.84 Å². The SMILES string of the molecule is CCOCCc1ncc(C(=O)O)c(C(F)F)n1. The fourth-order valence-corrected chi connectivity index (χ4v) is 1.19. The lowest BCUT2D eigenvalue weighted by Crippen LogP contribution is -2.11. The number of hydrogen-bond acceptors (Lipinski definition) is 4. The van der Waals surface area contributed by atoms with Crippen LogP contribution in [0.1, 0.15) is 35.2 Å². The number of nitrogens with zero attached hydrogens (tertiary/aromatic N) is 2. The number of alkyl halides is 2. The standard InChI is InChI=1S/C10H12F2N2O3/c1-2-17-4-3-7-13-5-6(10(15)16)8(14-7)9(11)12/h5,9H,2-4H2,1H3,(H,15,16). The summed E-state index contributed by atoms with van der Waals surface area (Å²) in [7, 11) is 0. The Morgan fingerprint density at radius 3 is 2.82 bits per heavy atom. The Morgan fingerprint density at radius 2 is 2.29 bits per heavy atom. The average Bonchev–Trinajstić information content (AvgIpc) is 2.29. The second-order valence-electron chi connectivity index (χ2n) is 3.14. The number of aromatic carboxylic acids is 1. The van der Waals surface area contributed by atoms with Crippen molar-refractivity contribution in [1.29, 1.82) is 0 Å². The zero-order chi connectivity index (χ0) is 12.8. The third-order valence-electron chi connectivity index (χ3n) is 1.98. The van der Waals surface area contributed by atoms with Gasteiger partial charge in [-0.2, -0.15) is 0 Å². The Bertz CT molecular complexity index is 399. The molecule has 0 radical (unpaired) electrons. The molecular weight excluding hydrogens is 234 g/mol. The topological polar surface area (TPSA) is 72.3 Å². The van der Waals surface area contributed by atoms with Gasteiger partial charge in [0.2, 0.25) is 0 Å². The van der Waals surface area contributed by atoms with Gasteiger partial charge in [0.1, 0.15) is 17.1 Å². The fraction of sp³-hybridized carbons (Fsp3) is 0.500. The summed E-state index contributed by atoms with van der Waals surface area (Å²) in [6.07, 6.45) is -1.76. The summed E-state index contributed by atoms with van der Waals surface area (Å²) >= 11 is 0. The number of rotatable bonds is 6. The van der Waals surface area contributed by atoms with Gasteiger partial charge in [-0.25, -0.2) is 23.5 Å². The third kappa shape index (κ3) is 3.70. The lowest BCUT2D eigenvalue weighted by Gasteiger charge is -2.06. The first-order valence-electron chi connectivity index (χ1n) is 5.01. The van der Waals surface area contributed by atoms with Crippen molar-refractivity contribution in [1.82, 2.24) is 9.97 Å². The summed E-state index contributed by atoms with van der Waals surface area (Å²) in [6, 6.07) is 0. The number of halogens is 2. The molecule has 1 heterocycles. The average molecular weight is 246 g/mol. The van der Waals surface area contributed by atoms with Crippen LogP contribution >= 0.6 is 0 Å². The van der Waals surface area contributed by atoms with E-state index in [1.54, 1.807) is 6.92 Å². The summed E-state index contributed by atoms with van der Waals surface area (Å²) in [6.45, 7) is 2.62. The van der Waals surface area contributed by atoms with Crippen molar-refractivity contribution in [2.45, 2.75) is 19.8 Å². The minimum atomic E-state index is -2.94. The second-order valence-corrected chi connectivity index (χ2v) is 3.14. The van der Waals surface area contributed by atoms with Crippen LogP contribution in [0, 0.1) is 0 Å². The van der Waals surface area contributed by atoms with Crippen molar-refractivity contribution in [3.8, 4) is 0 Å². The highest BCUT2D eigenvalue weighted by Gasteiger charge is 2.20. The van der Waals surface area contributed by atoms with E-state index in [-0.39, 0.29) is 12.2 Å². The molecule has 7 heteroatoms. The maximum atomic E-state index is 12.6. The monoisotopic (exact) mass is 246 g/mol. The van der Waals surface area contributed by atoms with Gasteiger partial charge in [0.15, 0.2) is 0 Å². The molecule has 0 spiro atoms. The molecule has 0 amide bonds. The van der Waals surface area contributed by atoms with Crippen LogP contribution in [0.5, 0.6) is 0 Å². The molecule has 1 rings (SSSR count). The van der Waals surface area contributed by atoms with Gasteiger partial charge in [-0.3, -0.25) is 0 Å². The van der Waals surface area contributed by atoms with E-state index < -0.39 is 23.7 Å². The molecule has 5 nitrogen and oxygen atoms in total. The van der Waals surface area contributed by atoms with Crippen molar-refractivity contribution in [2.24, 2.45) is 0 Å². The normalized spacial score (nSPS) is 10.8. The van der Waals surface area contributed by atoms with Gasteiger partial charge in [0.05, 0.1) is 6.61 Å². The van der Waals surface area contributed by atoms with Crippen LogP contribution in [-0.2, 0) is 11.2 Å². The summed E-state index contributed by atoms with van der Waals surface area (Å²) in [5, 5.41) is 8.68. The van der Waals surface area contributed by atoms with Crippen LogP contribution in [0.2, 0.25) is 0 Å². The fourth-order valence-electron chi connectivity index (χ4n) is 1.19. The first kappa shape index (κ1) is 13.4. The van der Waals surface area contributed by atoms with Crippen LogP contribution in [0.3, 0.4) is 0 Å². The number of hydrogen-bond donors (Lipinski definition) is 1. The molecule has 0 atom stereocenters. The van der Waals surface area contributed by atoms with Crippen molar-refractivity contribution >= 4 is 5.97 Å². The predicted molar refractivity (Wildman–Crippen MR) is 54.1 cm³/mol. The molecule has 1 N–H and O–H groups in total. The molecule has 0 aliphatic rings. The molecule has 1 aromatic rings. The Kier molecular flexibility index (Phi) is 4.89. The van der Waals surface area contributed by atoms with Crippen LogP contribution in [0.4, 0.5) is 8.78 Å². The number of carboxylic acid groups (broad SMARTS) is 1. The minimum Gasteiger partial charge on any atom is -0.478 e. The van der Waals surface area contributed by atoms with E-state index in [1.807, 2.05) is 0 Å². The predicted octanol–water partition coefficient (Wildman–Crippen LogP) is 1.69. The first-order valence-corrected chi connectivity index (χ1v) is 5.01. The molecule has 0 aliphatic carbocycles. The largest absolute Gasteiger partial charge is 0.478 e. The summed E-state index contributed by atoms with van der Waals surface area (Å²) in [5.74, 6) is -1.31. The Hall–Kier alpha value is -1.63. The van der Waals surface area contributed by atoms with Crippen LogP contribution in [0.25, 0.3) is 0 Å². The molecular formula is C10H12F2N2O3. The second kappa shape index (κ2) is 6.19. The van der Waals surface area contributed by atoms with Gasteiger partial charge in [-0.1, -0.05) is 0 Å². The lowest BCUT2D eigenvalue weighted by molar-refractivity contribution is 0.0681. The smallest absolute Gasteiger partial charge is 0.339 e. The van der Waals surface area contributed by atoms with E-state index in [0.29, 0.717) is 13.2 Å². The highest BCUT2D eigenvalue weighted by Crippen LogP contribution is 2.20. The van der Waals surface area contributed by atoms with Crippen molar-refractivity contribution in [2.75, 3.05) is 13.2 Å². The maximum Gasteiger partial charge on any atom is 0.339 e. The number of ether oxygens (including phenoxy) is 1. The Morgan fingerprint density at radius 1 is 1.59 bits per heavy atom. The van der Waals surface area contributed by atoms with Crippen LogP contribution in [-0.4, -0.2) is 34.3 Å². The summed E-state index contributed by atoms with van der Waals surface area (Å²) in [4.78, 5) is 17.9. The van der Waals surface area contributed by atoms with Crippen molar-refractivity contribution in [3.63, 3.8) is 0 Å². The van der Waals surface area contributed by atoms with Crippen molar-refractivity contribution in [3.05, 3.63) is 23.3 Å². The van der Waals surface area contributed by atoms with Gasteiger partial charge >= 0.3 is 5.97 Å². The van der Waals surface area contributed by atoms with Gasteiger partial charge < -0.3 is 9.84 Å². The first-order chi connectivity index (χ1) is 8.06. The Labute approximate surface area is 96.5 Å². The lowest BCUT2D eigenvalue weighted by atomic mass is 10.2. The molecule has 0 bridgehead atoms. The van der Waals surface area contributed by atoms with Crippen LogP contribution < -0.4 is 0 Å². The van der Waals surface area contributed by atoms with Gasteiger partial charge in [0.25, 0.3) is 6.43 Å².